The van der Waals surface area contributed by atoms with E-state index in [0.717, 1.165) is 5.56 Å². The first-order valence-electron chi connectivity index (χ1n) is 4.25. The lowest BCUT2D eigenvalue weighted by Crippen LogP contribution is -2.07. The number of ether oxygens (including phenoxy) is 1. The number of methoxy groups -OCH3 is 1. The summed E-state index contributed by atoms with van der Waals surface area (Å²) in [6.45, 7) is 3.59. The lowest BCUT2D eigenvalue weighted by Gasteiger charge is -2.06. The van der Waals surface area contributed by atoms with E-state index in [1.165, 1.54) is 7.11 Å². The Hall–Kier alpha value is -1.32. The Morgan fingerprint density at radius 1 is 1.47 bits per heavy atom. The maximum atomic E-state index is 11.1. The molecule has 0 aromatic heterocycles. The van der Waals surface area contributed by atoms with Crippen molar-refractivity contribution in [3.05, 3.63) is 48.0 Å². The Balaban J connectivity index is 0.00000196. The number of esters is 1. The summed E-state index contributed by atoms with van der Waals surface area (Å²) in [4.78, 5) is 11.1. The van der Waals surface area contributed by atoms with E-state index in [1.807, 2.05) is 0 Å². The zero-order chi connectivity index (χ0) is 10.6. The van der Waals surface area contributed by atoms with Crippen molar-refractivity contribution in [3.8, 4) is 0 Å². The van der Waals surface area contributed by atoms with Crippen molar-refractivity contribution in [1.82, 2.24) is 0 Å². The average Bonchev–Trinajstić information content (AvgIpc) is 2.27. The molecule has 0 saturated heterocycles. The van der Waals surface area contributed by atoms with Gasteiger partial charge in [0, 0.05) is 6.04 Å². The molecule has 1 aromatic rings. The summed E-state index contributed by atoms with van der Waals surface area (Å²) in [5, 5.41) is 0. The molecule has 0 aliphatic rings. The molecule has 15 heavy (non-hydrogen) atoms. The van der Waals surface area contributed by atoms with Crippen molar-refractivity contribution in [1.29, 1.82) is 0 Å². The zero-order valence-electron chi connectivity index (χ0n) is 8.47. The standard InChI is InChI=1S/C11H13NO2.ClH/c1-3-10(12)8-4-6-9(7-5-8)11(13)14-2;/h3-7,10H,1,12H2,2H3;1H/t10-;/m0./s1. The van der Waals surface area contributed by atoms with Gasteiger partial charge in [-0.05, 0) is 17.7 Å². The number of hydrogen-bond acceptors (Lipinski definition) is 3. The largest absolute Gasteiger partial charge is 0.465 e. The molecule has 1 aromatic carbocycles. The van der Waals surface area contributed by atoms with E-state index in [2.05, 4.69) is 11.3 Å². The van der Waals surface area contributed by atoms with E-state index in [1.54, 1.807) is 30.3 Å². The fourth-order valence-corrected chi connectivity index (χ4v) is 1.10. The summed E-state index contributed by atoms with van der Waals surface area (Å²) in [6.07, 6.45) is 1.65. The molecule has 0 fully saturated rings. The van der Waals surface area contributed by atoms with Crippen LogP contribution in [0.3, 0.4) is 0 Å². The zero-order valence-corrected chi connectivity index (χ0v) is 9.29. The Morgan fingerprint density at radius 3 is 2.40 bits per heavy atom. The Kier molecular flexibility index (Phi) is 5.67. The van der Waals surface area contributed by atoms with E-state index in [9.17, 15) is 4.79 Å². The highest BCUT2D eigenvalue weighted by Gasteiger charge is 2.06. The predicted octanol–water partition coefficient (Wildman–Crippen LogP) is 2.08. The van der Waals surface area contributed by atoms with Gasteiger partial charge in [0.25, 0.3) is 0 Å². The fraction of sp³-hybridized carbons (Fsp3) is 0.182. The summed E-state index contributed by atoms with van der Waals surface area (Å²) >= 11 is 0. The number of carbonyl (C=O) groups is 1. The van der Waals surface area contributed by atoms with Gasteiger partial charge in [-0.15, -0.1) is 19.0 Å². The predicted molar refractivity (Wildman–Crippen MR) is 62.2 cm³/mol. The SMILES string of the molecule is C=C[C@H](N)c1ccc(C(=O)OC)cc1.Cl. The van der Waals surface area contributed by atoms with Crippen molar-refractivity contribution in [3.63, 3.8) is 0 Å². The fourth-order valence-electron chi connectivity index (χ4n) is 1.10. The van der Waals surface area contributed by atoms with Crippen molar-refractivity contribution < 1.29 is 9.53 Å². The van der Waals surface area contributed by atoms with Gasteiger partial charge in [0.2, 0.25) is 0 Å². The van der Waals surface area contributed by atoms with Crippen LogP contribution in [0.25, 0.3) is 0 Å². The van der Waals surface area contributed by atoms with Crippen LogP contribution in [0.1, 0.15) is 22.0 Å². The highest BCUT2D eigenvalue weighted by molar-refractivity contribution is 5.89. The van der Waals surface area contributed by atoms with Crippen LogP contribution in [0.15, 0.2) is 36.9 Å². The molecule has 0 amide bonds. The number of benzene rings is 1. The van der Waals surface area contributed by atoms with Gasteiger partial charge in [0.05, 0.1) is 12.7 Å². The minimum atomic E-state index is -0.344. The molecular weight excluding hydrogens is 214 g/mol. The second-order valence-corrected chi connectivity index (χ2v) is 2.88. The highest BCUT2D eigenvalue weighted by Crippen LogP contribution is 2.12. The van der Waals surface area contributed by atoms with Crippen LogP contribution < -0.4 is 5.73 Å². The molecule has 0 aliphatic carbocycles. The number of nitrogens with two attached hydrogens (primary N) is 1. The molecule has 0 saturated carbocycles. The van der Waals surface area contributed by atoms with Gasteiger partial charge >= 0.3 is 5.97 Å². The minimum Gasteiger partial charge on any atom is -0.465 e. The maximum Gasteiger partial charge on any atom is 0.337 e. The molecule has 0 unspecified atom stereocenters. The van der Waals surface area contributed by atoms with E-state index in [4.69, 9.17) is 5.73 Å². The molecule has 2 N–H and O–H groups in total. The first-order valence-corrected chi connectivity index (χ1v) is 4.25. The van der Waals surface area contributed by atoms with Crippen molar-refractivity contribution >= 4 is 18.4 Å². The van der Waals surface area contributed by atoms with Gasteiger partial charge in [0.1, 0.15) is 0 Å². The number of halogens is 1. The molecule has 82 valence electrons. The molecule has 3 nitrogen and oxygen atoms in total. The Labute approximate surface area is 95.3 Å². The second kappa shape index (κ2) is 6.22. The molecule has 1 rings (SSSR count). The first-order chi connectivity index (χ1) is 6.69. The smallest absolute Gasteiger partial charge is 0.337 e. The Morgan fingerprint density at radius 2 is 2.00 bits per heavy atom. The van der Waals surface area contributed by atoms with Crippen LogP contribution in [0.5, 0.6) is 0 Å². The summed E-state index contributed by atoms with van der Waals surface area (Å²) in [7, 11) is 1.35. The van der Waals surface area contributed by atoms with Crippen LogP contribution >= 0.6 is 12.4 Å². The molecule has 0 bridgehead atoms. The molecule has 4 heteroatoms. The lowest BCUT2D eigenvalue weighted by molar-refractivity contribution is 0.0600. The number of carbonyl (C=O) groups excluding carboxylic acids is 1. The summed E-state index contributed by atoms with van der Waals surface area (Å²) in [5.74, 6) is -0.344. The second-order valence-electron chi connectivity index (χ2n) is 2.88. The van der Waals surface area contributed by atoms with Crippen LogP contribution in [0.4, 0.5) is 0 Å². The third-order valence-corrected chi connectivity index (χ3v) is 1.97. The summed E-state index contributed by atoms with van der Waals surface area (Å²) in [6, 6.07) is 6.76. The van der Waals surface area contributed by atoms with Gasteiger partial charge < -0.3 is 10.5 Å². The van der Waals surface area contributed by atoms with Crippen molar-refractivity contribution in [2.45, 2.75) is 6.04 Å². The van der Waals surface area contributed by atoms with Crippen LogP contribution in [-0.2, 0) is 4.74 Å². The summed E-state index contributed by atoms with van der Waals surface area (Å²) in [5.41, 5.74) is 7.16. The van der Waals surface area contributed by atoms with Gasteiger partial charge in [-0.1, -0.05) is 18.2 Å². The van der Waals surface area contributed by atoms with Crippen LogP contribution in [0, 0.1) is 0 Å². The molecule has 0 heterocycles. The number of hydrogen-bond donors (Lipinski definition) is 1. The van der Waals surface area contributed by atoms with E-state index >= 15 is 0 Å². The van der Waals surface area contributed by atoms with Gasteiger partial charge in [-0.2, -0.15) is 0 Å². The average molecular weight is 228 g/mol. The quantitative estimate of drug-likeness (QED) is 0.636. The lowest BCUT2D eigenvalue weighted by atomic mass is 10.1. The van der Waals surface area contributed by atoms with Crippen LogP contribution in [0.2, 0.25) is 0 Å². The van der Waals surface area contributed by atoms with Crippen LogP contribution in [-0.4, -0.2) is 13.1 Å². The van der Waals surface area contributed by atoms with Gasteiger partial charge in [-0.3, -0.25) is 0 Å². The molecule has 0 aliphatic heterocycles. The van der Waals surface area contributed by atoms with E-state index in [0.29, 0.717) is 5.56 Å². The van der Waals surface area contributed by atoms with Crippen molar-refractivity contribution in [2.24, 2.45) is 5.73 Å². The first kappa shape index (κ1) is 13.7. The molecular formula is C11H14ClNO2. The third-order valence-electron chi connectivity index (χ3n) is 1.97. The maximum absolute atomic E-state index is 11.1. The molecule has 0 radical (unpaired) electrons. The van der Waals surface area contributed by atoms with Crippen molar-refractivity contribution in [2.75, 3.05) is 7.11 Å². The number of rotatable bonds is 3. The van der Waals surface area contributed by atoms with E-state index < -0.39 is 0 Å². The minimum absolute atomic E-state index is 0. The van der Waals surface area contributed by atoms with Gasteiger partial charge in [0.15, 0.2) is 0 Å². The summed E-state index contributed by atoms with van der Waals surface area (Å²) < 4.78 is 4.57. The van der Waals surface area contributed by atoms with E-state index in [-0.39, 0.29) is 24.4 Å². The molecule has 1 atom stereocenters. The van der Waals surface area contributed by atoms with Gasteiger partial charge in [-0.25, -0.2) is 4.79 Å². The normalized spacial score (nSPS) is 11.1. The third kappa shape index (κ3) is 3.38. The topological polar surface area (TPSA) is 52.3 Å². The molecule has 0 spiro atoms. The Bertz CT molecular complexity index is 335. The highest BCUT2D eigenvalue weighted by atomic mass is 35.5. The monoisotopic (exact) mass is 227 g/mol.